The third-order valence-corrected chi connectivity index (χ3v) is 3.28. The van der Waals surface area contributed by atoms with Crippen molar-refractivity contribution in [2.75, 3.05) is 0 Å². The summed E-state index contributed by atoms with van der Waals surface area (Å²) < 4.78 is 0. The number of rotatable bonds is 8. The third-order valence-electron chi connectivity index (χ3n) is 3.28. The van der Waals surface area contributed by atoms with Gasteiger partial charge < -0.3 is 0 Å². The van der Waals surface area contributed by atoms with E-state index in [2.05, 4.69) is 0 Å². The van der Waals surface area contributed by atoms with Gasteiger partial charge in [0.25, 0.3) is 0 Å². The molecule has 2 aromatic rings. The molecule has 0 spiro atoms. The van der Waals surface area contributed by atoms with Crippen molar-refractivity contribution >= 4 is 17.3 Å². The van der Waals surface area contributed by atoms with Gasteiger partial charge in [0.1, 0.15) is 17.3 Å². The topological polar surface area (TPSA) is 51.2 Å². The zero-order valence-corrected chi connectivity index (χ0v) is 12.3. The van der Waals surface area contributed by atoms with E-state index in [-0.39, 0.29) is 43.0 Å². The number of ketones is 3. The molecule has 0 radical (unpaired) electrons. The molecule has 0 aliphatic rings. The molecule has 112 valence electrons. The molecule has 0 saturated heterocycles. The Morgan fingerprint density at radius 2 is 0.909 bits per heavy atom. The molecular formula is C19H18O3. The van der Waals surface area contributed by atoms with Crippen LogP contribution in [0.15, 0.2) is 60.7 Å². The van der Waals surface area contributed by atoms with Crippen LogP contribution < -0.4 is 0 Å². The van der Waals surface area contributed by atoms with Gasteiger partial charge in [0.05, 0.1) is 12.8 Å². The fraction of sp³-hybridized carbons (Fsp3) is 0.211. The first kappa shape index (κ1) is 15.8. The summed E-state index contributed by atoms with van der Waals surface area (Å²) in [5.74, 6) is -0.603. The van der Waals surface area contributed by atoms with Gasteiger partial charge in [0.2, 0.25) is 0 Å². The molecular weight excluding hydrogens is 276 g/mol. The molecule has 0 amide bonds. The van der Waals surface area contributed by atoms with Gasteiger partial charge >= 0.3 is 0 Å². The van der Waals surface area contributed by atoms with Crippen LogP contribution in [0.1, 0.15) is 24.0 Å². The number of hydrogen-bond donors (Lipinski definition) is 0. The van der Waals surface area contributed by atoms with Crippen molar-refractivity contribution in [1.82, 2.24) is 0 Å². The highest BCUT2D eigenvalue weighted by atomic mass is 16.2. The lowest BCUT2D eigenvalue weighted by Crippen LogP contribution is -2.15. The van der Waals surface area contributed by atoms with E-state index in [4.69, 9.17) is 0 Å². The Kier molecular flexibility index (Phi) is 5.78. The average molecular weight is 294 g/mol. The predicted octanol–water partition coefficient (Wildman–Crippen LogP) is 2.96. The van der Waals surface area contributed by atoms with Crippen molar-refractivity contribution in [3.05, 3.63) is 71.8 Å². The zero-order chi connectivity index (χ0) is 15.8. The first-order valence-electron chi connectivity index (χ1n) is 7.26. The third kappa shape index (κ3) is 5.44. The molecule has 0 heterocycles. The molecule has 0 aliphatic heterocycles. The van der Waals surface area contributed by atoms with Gasteiger partial charge in [0.15, 0.2) is 0 Å². The monoisotopic (exact) mass is 294 g/mol. The second-order valence-electron chi connectivity index (χ2n) is 5.29. The smallest absolute Gasteiger partial charge is 0.147 e. The van der Waals surface area contributed by atoms with Crippen LogP contribution in [0.5, 0.6) is 0 Å². The second-order valence-corrected chi connectivity index (χ2v) is 5.29. The minimum absolute atomic E-state index is 0.149. The van der Waals surface area contributed by atoms with Crippen LogP contribution in [0, 0.1) is 0 Å². The molecule has 0 atom stereocenters. The Bertz CT molecular complexity index is 587. The molecule has 2 rings (SSSR count). The van der Waals surface area contributed by atoms with Crippen LogP contribution in [0.2, 0.25) is 0 Å². The molecule has 0 aromatic heterocycles. The van der Waals surface area contributed by atoms with Crippen LogP contribution in [0.25, 0.3) is 0 Å². The number of benzene rings is 2. The van der Waals surface area contributed by atoms with Gasteiger partial charge in [-0.05, 0) is 11.1 Å². The first-order valence-corrected chi connectivity index (χ1v) is 7.26. The Morgan fingerprint density at radius 1 is 0.545 bits per heavy atom. The second kappa shape index (κ2) is 8.03. The first-order chi connectivity index (χ1) is 10.6. The van der Waals surface area contributed by atoms with E-state index in [0.29, 0.717) is 0 Å². The standard InChI is InChI=1S/C19H18O3/c20-17(11-15-7-3-1-4-8-15)13-19(22)14-18(21)12-16-9-5-2-6-10-16/h1-10H,11-14H2. The summed E-state index contributed by atoms with van der Waals surface area (Å²) in [6, 6.07) is 18.6. The van der Waals surface area contributed by atoms with Crippen molar-refractivity contribution in [2.24, 2.45) is 0 Å². The van der Waals surface area contributed by atoms with Crippen LogP contribution in [-0.2, 0) is 27.2 Å². The van der Waals surface area contributed by atoms with Gasteiger partial charge in [-0.3, -0.25) is 14.4 Å². The Balaban J connectivity index is 1.77. The van der Waals surface area contributed by atoms with E-state index < -0.39 is 0 Å². The summed E-state index contributed by atoms with van der Waals surface area (Å²) >= 11 is 0. The Morgan fingerprint density at radius 3 is 1.27 bits per heavy atom. The van der Waals surface area contributed by atoms with Crippen molar-refractivity contribution in [2.45, 2.75) is 25.7 Å². The SMILES string of the molecule is O=C(CC(=O)Cc1ccccc1)CC(=O)Cc1ccccc1. The highest BCUT2D eigenvalue weighted by Gasteiger charge is 2.14. The Labute approximate surface area is 130 Å². The lowest BCUT2D eigenvalue weighted by atomic mass is 10.0. The molecule has 3 nitrogen and oxygen atoms in total. The van der Waals surface area contributed by atoms with E-state index in [0.717, 1.165) is 11.1 Å². The molecule has 22 heavy (non-hydrogen) atoms. The molecule has 0 aliphatic carbocycles. The predicted molar refractivity (Wildman–Crippen MR) is 84.5 cm³/mol. The van der Waals surface area contributed by atoms with Crippen LogP contribution in [0.4, 0.5) is 0 Å². The quantitative estimate of drug-likeness (QED) is 0.703. The van der Waals surface area contributed by atoms with Crippen LogP contribution >= 0.6 is 0 Å². The highest BCUT2D eigenvalue weighted by Crippen LogP contribution is 2.06. The lowest BCUT2D eigenvalue weighted by molar-refractivity contribution is -0.129. The highest BCUT2D eigenvalue weighted by molar-refractivity contribution is 6.07. The minimum Gasteiger partial charge on any atom is -0.299 e. The van der Waals surface area contributed by atoms with Gasteiger partial charge in [-0.15, -0.1) is 0 Å². The number of Topliss-reactive ketones (excluding diaryl/α,β-unsaturated/α-hetero) is 3. The van der Waals surface area contributed by atoms with Gasteiger partial charge in [0, 0.05) is 12.8 Å². The number of hydrogen-bond acceptors (Lipinski definition) is 3. The minimum atomic E-state index is -0.304. The van der Waals surface area contributed by atoms with Gasteiger partial charge in [-0.25, -0.2) is 0 Å². The lowest BCUT2D eigenvalue weighted by Gasteiger charge is -2.02. The number of carbonyl (C=O) groups is 3. The molecule has 0 saturated carbocycles. The maximum absolute atomic E-state index is 11.8. The molecule has 3 heteroatoms. The van der Waals surface area contributed by atoms with E-state index in [1.807, 2.05) is 60.7 Å². The van der Waals surface area contributed by atoms with Gasteiger partial charge in [-0.2, -0.15) is 0 Å². The summed E-state index contributed by atoms with van der Waals surface area (Å²) in [5.41, 5.74) is 1.77. The summed E-state index contributed by atoms with van der Waals surface area (Å²) in [6.07, 6.45) is 0.129. The largest absolute Gasteiger partial charge is 0.299 e. The van der Waals surface area contributed by atoms with Gasteiger partial charge in [-0.1, -0.05) is 60.7 Å². The summed E-state index contributed by atoms with van der Waals surface area (Å²) in [5, 5.41) is 0. The molecule has 2 aromatic carbocycles. The van der Waals surface area contributed by atoms with Crippen LogP contribution in [-0.4, -0.2) is 17.3 Å². The van der Waals surface area contributed by atoms with E-state index in [1.165, 1.54) is 0 Å². The average Bonchev–Trinajstić information content (AvgIpc) is 2.48. The van der Waals surface area contributed by atoms with Crippen molar-refractivity contribution in [3.63, 3.8) is 0 Å². The molecule has 0 fully saturated rings. The Hall–Kier alpha value is -2.55. The summed E-state index contributed by atoms with van der Waals surface area (Å²) in [6.45, 7) is 0. The normalized spacial score (nSPS) is 10.2. The molecule has 0 bridgehead atoms. The molecule has 0 unspecified atom stereocenters. The van der Waals surface area contributed by atoms with Crippen molar-refractivity contribution in [3.8, 4) is 0 Å². The zero-order valence-electron chi connectivity index (χ0n) is 12.3. The maximum atomic E-state index is 11.8. The molecule has 0 N–H and O–H groups in total. The number of carbonyl (C=O) groups excluding carboxylic acids is 3. The fourth-order valence-corrected chi connectivity index (χ4v) is 2.27. The van der Waals surface area contributed by atoms with E-state index in [1.54, 1.807) is 0 Å². The maximum Gasteiger partial charge on any atom is 0.147 e. The summed E-state index contributed by atoms with van der Waals surface area (Å²) in [7, 11) is 0. The van der Waals surface area contributed by atoms with E-state index in [9.17, 15) is 14.4 Å². The van der Waals surface area contributed by atoms with Crippen LogP contribution in [0.3, 0.4) is 0 Å². The van der Waals surface area contributed by atoms with Crippen molar-refractivity contribution in [1.29, 1.82) is 0 Å². The summed E-state index contributed by atoms with van der Waals surface area (Å²) in [4.78, 5) is 35.5. The van der Waals surface area contributed by atoms with Crippen molar-refractivity contribution < 1.29 is 14.4 Å². The van der Waals surface area contributed by atoms with E-state index >= 15 is 0 Å². The fourth-order valence-electron chi connectivity index (χ4n) is 2.27.